The molecule has 0 radical (unpaired) electrons. The van der Waals surface area contributed by atoms with Crippen LogP contribution in [0.25, 0.3) is 0 Å². The van der Waals surface area contributed by atoms with Crippen molar-refractivity contribution < 1.29 is 167 Å². The summed E-state index contributed by atoms with van der Waals surface area (Å²) < 4.78 is 144. The molecule has 2 unspecified atom stereocenters. The van der Waals surface area contributed by atoms with E-state index in [2.05, 4.69) is 38.4 Å². The molecule has 0 aromatic heterocycles. The van der Waals surface area contributed by atoms with E-state index in [1.54, 1.807) is 48.5 Å². The summed E-state index contributed by atoms with van der Waals surface area (Å²) in [5.74, 6) is -9.04. The maximum atomic E-state index is 12.2. The van der Waals surface area contributed by atoms with Crippen LogP contribution in [-0.4, -0.2) is 223 Å². The summed E-state index contributed by atoms with van der Waals surface area (Å²) in [5, 5.41) is 12.6. The SMILES string of the molecule is CC(CS(=O)(=O)c1ccc(Cl)cc1)OC(=O)ON1C(=O)CCC1=O.CC(CS(=O)(=O)c1ccccc1)OC(=O)ON1C(=O)CCC1=O.Cc1ccc(S(=O)(=O)CCOC(=O)ON2C(=O)CCC2=O)cc1.O=C(OCCS(=O)(=O)c1cccc([N+](=O)[O-])c1)ON1C(=O)CCC1=O.O=C(OCCS(=O)(=O)c1ccccc1)ON1C(=O)CCC1=O. The number of rotatable bonds is 26. The summed E-state index contributed by atoms with van der Waals surface area (Å²) in [7, 11) is -18.5. The van der Waals surface area contributed by atoms with E-state index in [0.29, 0.717) is 25.3 Å². The number of nitro benzene ring substituents is 1. The molecule has 5 aliphatic heterocycles. The smallest absolute Gasteiger partial charge is 0.432 e. The molecule has 0 bridgehead atoms. The predicted molar refractivity (Wildman–Crippen MR) is 386 cm³/mol. The van der Waals surface area contributed by atoms with Crippen LogP contribution >= 0.6 is 11.6 Å². The van der Waals surface area contributed by atoms with Crippen LogP contribution in [0.1, 0.15) is 83.6 Å². The molecule has 49 heteroatoms. The molecule has 5 fully saturated rings. The van der Waals surface area contributed by atoms with Gasteiger partial charge >= 0.3 is 30.8 Å². The molecule has 0 saturated carbocycles. The van der Waals surface area contributed by atoms with E-state index in [9.17, 15) is 124 Å². The fourth-order valence-corrected chi connectivity index (χ4v) is 15.8. The van der Waals surface area contributed by atoms with Crippen molar-refractivity contribution in [2.24, 2.45) is 0 Å². The van der Waals surface area contributed by atoms with Crippen LogP contribution in [-0.2, 0) is 145 Å². The second kappa shape index (κ2) is 42.3. The lowest BCUT2D eigenvalue weighted by Gasteiger charge is -2.16. The van der Waals surface area contributed by atoms with E-state index >= 15 is 0 Å². The molecule has 5 aromatic rings. The first kappa shape index (κ1) is 93.5. The van der Waals surface area contributed by atoms with Gasteiger partial charge in [0.2, 0.25) is 0 Å². The first-order chi connectivity index (χ1) is 54.9. The zero-order valence-corrected chi connectivity index (χ0v) is 66.1. The molecule has 10 amide bonds. The highest BCUT2D eigenvalue weighted by Crippen LogP contribution is 2.24. The van der Waals surface area contributed by atoms with Crippen molar-refractivity contribution >= 4 is 156 Å². The number of amides is 10. The van der Waals surface area contributed by atoms with Gasteiger partial charge in [-0.15, -0.1) is 0 Å². The minimum absolute atomic E-state index is 0.0283. The van der Waals surface area contributed by atoms with E-state index in [4.69, 9.17) is 21.1 Å². The van der Waals surface area contributed by atoms with Gasteiger partial charge in [-0.3, -0.25) is 82.2 Å². The molecule has 117 heavy (non-hydrogen) atoms. The molecule has 0 aliphatic carbocycles. The molecule has 43 nitrogen and oxygen atoms in total. The van der Waals surface area contributed by atoms with Gasteiger partial charge in [-0.05, 0) is 87.5 Å². The van der Waals surface area contributed by atoms with Crippen LogP contribution in [0.5, 0.6) is 0 Å². The Balaban J connectivity index is 0.000000227. The maximum absolute atomic E-state index is 12.2. The quantitative estimate of drug-likeness (QED) is 0.0230. The molecule has 5 saturated heterocycles. The van der Waals surface area contributed by atoms with E-state index in [1.807, 2.05) is 6.92 Å². The third-order valence-electron chi connectivity index (χ3n) is 15.2. The second-order valence-corrected chi connectivity index (χ2v) is 35.0. The van der Waals surface area contributed by atoms with E-state index in [1.165, 1.54) is 86.6 Å². The Hall–Kier alpha value is -12.4. The number of non-ortho nitro benzene ring substituents is 1. The second-order valence-electron chi connectivity index (χ2n) is 24.2. The number of hydrogen-bond donors (Lipinski definition) is 0. The number of imide groups is 5. The predicted octanol–water partition coefficient (Wildman–Crippen LogP) is 5.03. The summed E-state index contributed by atoms with van der Waals surface area (Å²) in [6, 6.07) is 31.6. The highest BCUT2D eigenvalue weighted by Gasteiger charge is 2.39. The number of hydroxylamine groups is 10. The first-order valence-corrected chi connectivity index (χ1v) is 42.4. The third kappa shape index (κ3) is 29.1. The van der Waals surface area contributed by atoms with E-state index in [0.717, 1.165) is 17.7 Å². The van der Waals surface area contributed by atoms with Crippen LogP contribution in [0.15, 0.2) is 158 Å². The molecule has 10 rings (SSSR count). The lowest BCUT2D eigenvalue weighted by molar-refractivity contribution is -0.385. The van der Waals surface area contributed by atoms with Gasteiger partial charge in [-0.25, -0.2) is 66.1 Å². The van der Waals surface area contributed by atoms with Gasteiger partial charge in [-0.2, -0.15) is 0 Å². The number of hydrogen-bond acceptors (Lipinski definition) is 37. The van der Waals surface area contributed by atoms with Gasteiger partial charge in [0, 0.05) is 81.4 Å². The third-order valence-corrected chi connectivity index (χ3v) is 24.3. The number of nitrogens with zero attached hydrogens (tertiary/aromatic N) is 6. The molecule has 630 valence electrons. The van der Waals surface area contributed by atoms with Crippen molar-refractivity contribution in [3.05, 3.63) is 154 Å². The standard InChI is InChI=1S/C14H14ClNO7S.2C14H15NO7S.C13H12N2O9S.C13H13NO7S/c1-9(8-24(20,21)11-4-2-10(15)3-5-11)22-14(19)23-16-12(17)6-7-13(16)18;1-10-2-4-11(5-3-10)23(19,20)9-8-21-14(18)22-15-12(16)6-7-13(15)17;1-10(9-23(19,20)11-5-3-2-4-6-11)21-14(18)22-15-12(16)7-8-13(15)17;16-11-4-5-12(17)14(11)24-13(18)23-6-7-25(21,22)10-3-1-2-9(8-10)15(19)20;15-11-6-7-12(16)14(11)21-13(17)20-8-9-22(18,19)10-4-2-1-3-5-10/h2-5,9H,6-8H2,1H3;2-5H,6-9H2,1H3;2-6,10H,7-9H2,1H3;1-3,8H,4-7H2;1-5H,6-9H2. The van der Waals surface area contributed by atoms with Gasteiger partial charge < -0.3 is 23.7 Å². The monoisotopic (exact) mass is 1760 g/mol. The van der Waals surface area contributed by atoms with Gasteiger partial charge in [0.05, 0.1) is 58.2 Å². The lowest BCUT2D eigenvalue weighted by atomic mass is 10.2. The summed E-state index contributed by atoms with van der Waals surface area (Å²) in [6.45, 7) is 3.02. The molecule has 0 spiro atoms. The van der Waals surface area contributed by atoms with Crippen molar-refractivity contribution in [2.75, 3.05) is 48.6 Å². The Kier molecular flexibility index (Phi) is 33.8. The van der Waals surface area contributed by atoms with Crippen molar-refractivity contribution in [3.63, 3.8) is 0 Å². The average Bonchev–Trinajstić information content (AvgIpc) is 0.981. The van der Waals surface area contributed by atoms with Gasteiger partial charge in [-0.1, -0.05) is 97.1 Å². The molecule has 5 aliphatic rings. The van der Waals surface area contributed by atoms with Crippen LogP contribution in [0.3, 0.4) is 0 Å². The highest BCUT2D eigenvalue weighted by atomic mass is 35.5. The average molecular weight is 1760 g/mol. The Morgan fingerprint density at radius 3 is 0.906 bits per heavy atom. The Morgan fingerprint density at radius 2 is 0.607 bits per heavy atom. The van der Waals surface area contributed by atoms with Crippen LogP contribution in [0, 0.1) is 17.0 Å². The topological polar surface area (TPSA) is 578 Å². The number of nitro groups is 1. The molecule has 5 aromatic carbocycles. The molecule has 2 atom stereocenters. The fraction of sp³-hybridized carbons (Fsp3) is 0.338. The maximum Gasteiger partial charge on any atom is 0.534 e. The number of carbonyl (C=O) groups is 15. The zero-order valence-electron chi connectivity index (χ0n) is 61.3. The number of halogens is 1. The van der Waals surface area contributed by atoms with Crippen molar-refractivity contribution in [3.8, 4) is 0 Å². The van der Waals surface area contributed by atoms with Crippen molar-refractivity contribution in [2.45, 2.75) is 122 Å². The summed E-state index contributed by atoms with van der Waals surface area (Å²) in [6.07, 6.45) is -9.18. The zero-order chi connectivity index (χ0) is 86.8. The number of benzene rings is 5. The van der Waals surface area contributed by atoms with Crippen LogP contribution in [0.4, 0.5) is 29.7 Å². The number of carbonyl (C=O) groups excluding carboxylic acids is 15. The van der Waals surface area contributed by atoms with Crippen LogP contribution < -0.4 is 0 Å². The lowest BCUT2D eigenvalue weighted by Crippen LogP contribution is -2.34. The summed E-state index contributed by atoms with van der Waals surface area (Å²) in [4.78, 5) is 202. The Labute approximate surface area is 669 Å². The fourth-order valence-electron chi connectivity index (χ4n) is 9.48. The normalized spacial score (nSPS) is 15.4. The van der Waals surface area contributed by atoms with E-state index in [-0.39, 0.29) is 93.7 Å². The van der Waals surface area contributed by atoms with Gasteiger partial charge in [0.15, 0.2) is 49.2 Å². The van der Waals surface area contributed by atoms with Crippen molar-refractivity contribution in [1.29, 1.82) is 0 Å². The van der Waals surface area contributed by atoms with Crippen LogP contribution in [0.2, 0.25) is 5.02 Å². The van der Waals surface area contributed by atoms with E-state index < -0.39 is 210 Å². The largest absolute Gasteiger partial charge is 0.534 e. The molecular formula is C68H69ClN6O37S5. The highest BCUT2D eigenvalue weighted by molar-refractivity contribution is 7.92. The van der Waals surface area contributed by atoms with Gasteiger partial charge in [0.1, 0.15) is 32.0 Å². The first-order valence-electron chi connectivity index (χ1n) is 33.8. The Bertz CT molecular complexity index is 5140. The molecular weight excluding hydrogens is 1690 g/mol. The number of sulfone groups is 5. The number of aryl methyl sites for hydroxylation is 1. The summed E-state index contributed by atoms with van der Waals surface area (Å²) >= 11 is 5.70. The molecule has 5 heterocycles. The van der Waals surface area contributed by atoms with Gasteiger partial charge in [0.25, 0.3) is 64.8 Å². The summed E-state index contributed by atoms with van der Waals surface area (Å²) in [5.41, 5.74) is 0.524. The number of ether oxygens (including phenoxy) is 5. The Morgan fingerprint density at radius 1 is 0.359 bits per heavy atom. The molecule has 0 N–H and O–H groups in total. The minimum atomic E-state index is -3.95. The minimum Gasteiger partial charge on any atom is -0.432 e. The van der Waals surface area contributed by atoms with Crippen molar-refractivity contribution in [1.82, 2.24) is 25.3 Å².